The molecule has 5 aromatic carbocycles. The molecule has 38 heavy (non-hydrogen) atoms. The fourth-order valence-electron chi connectivity index (χ4n) is 6.33. The number of rotatable bonds is 2. The van der Waals surface area contributed by atoms with Crippen molar-refractivity contribution in [3.63, 3.8) is 0 Å². The summed E-state index contributed by atoms with van der Waals surface area (Å²) in [4.78, 5) is 10.8. The second kappa shape index (κ2) is 8.10. The first-order chi connectivity index (χ1) is 18.4. The predicted octanol–water partition coefficient (Wildman–Crippen LogP) is 9.35. The van der Waals surface area contributed by atoms with E-state index < -0.39 is 0 Å². The molecular formula is C36H30N2. The van der Waals surface area contributed by atoms with Gasteiger partial charge in [-0.15, -0.1) is 0 Å². The molecule has 2 heteroatoms. The number of hydrogen-bond donors (Lipinski definition) is 0. The Hall–Kier alpha value is -4.30. The molecule has 0 saturated carbocycles. The summed E-state index contributed by atoms with van der Waals surface area (Å²) in [6.07, 6.45) is 0. The molecule has 1 aliphatic rings. The van der Waals surface area contributed by atoms with Crippen LogP contribution in [0.2, 0.25) is 0 Å². The van der Waals surface area contributed by atoms with Crippen molar-refractivity contribution in [1.82, 2.24) is 9.97 Å². The molecule has 6 aromatic rings. The largest absolute Gasteiger partial charge is 0.244 e. The third-order valence-corrected chi connectivity index (χ3v) is 9.00. The summed E-state index contributed by atoms with van der Waals surface area (Å²) in [6.45, 7) is 9.53. The van der Waals surface area contributed by atoms with Gasteiger partial charge in [-0.05, 0) is 39.1 Å². The van der Waals surface area contributed by atoms with E-state index in [1.165, 1.54) is 27.6 Å². The van der Waals surface area contributed by atoms with Crippen LogP contribution in [0, 0.1) is 0 Å². The third kappa shape index (κ3) is 3.13. The Morgan fingerprint density at radius 2 is 1.18 bits per heavy atom. The topological polar surface area (TPSA) is 25.8 Å². The van der Waals surface area contributed by atoms with Crippen LogP contribution < -0.4 is 0 Å². The molecule has 0 unspecified atom stereocenters. The van der Waals surface area contributed by atoms with E-state index in [9.17, 15) is 0 Å². The van der Waals surface area contributed by atoms with Gasteiger partial charge >= 0.3 is 0 Å². The second-order valence-corrected chi connectivity index (χ2v) is 11.5. The Bertz CT molecular complexity index is 1860. The zero-order chi connectivity index (χ0) is 26.1. The predicted molar refractivity (Wildman–Crippen MR) is 159 cm³/mol. The molecular weight excluding hydrogens is 460 g/mol. The molecule has 0 saturated heterocycles. The van der Waals surface area contributed by atoms with Crippen LogP contribution in [0.15, 0.2) is 109 Å². The molecule has 1 aliphatic carbocycles. The average molecular weight is 491 g/mol. The van der Waals surface area contributed by atoms with Gasteiger partial charge in [0.2, 0.25) is 0 Å². The molecule has 0 radical (unpaired) electrons. The van der Waals surface area contributed by atoms with E-state index in [2.05, 4.69) is 137 Å². The van der Waals surface area contributed by atoms with E-state index in [0.717, 1.165) is 38.9 Å². The minimum atomic E-state index is -0.142. The summed E-state index contributed by atoms with van der Waals surface area (Å²) in [5.74, 6) is 0. The highest BCUT2D eigenvalue weighted by atomic mass is 14.8. The maximum absolute atomic E-state index is 5.46. The van der Waals surface area contributed by atoms with Crippen molar-refractivity contribution in [2.45, 2.75) is 38.5 Å². The molecule has 0 aliphatic heterocycles. The summed E-state index contributed by atoms with van der Waals surface area (Å²) in [7, 11) is 0. The Labute approximate surface area is 224 Å². The maximum Gasteiger partial charge on any atom is 0.0976 e. The second-order valence-electron chi connectivity index (χ2n) is 11.5. The number of benzene rings is 5. The maximum atomic E-state index is 5.46. The Kier molecular flexibility index (Phi) is 4.87. The third-order valence-electron chi connectivity index (χ3n) is 9.00. The lowest BCUT2D eigenvalue weighted by molar-refractivity contribution is 0.300. The van der Waals surface area contributed by atoms with Crippen molar-refractivity contribution >= 4 is 21.8 Å². The standard InChI is InChI=1S/C36H30N2/c1-35(2)29-20-11-10-17-26(29)27-18-12-19-28(31(27)36(35,3)4)34-32(24-14-6-5-7-15-24)37-30-22-21-23-13-8-9-16-25(23)33(30)38-34/h5-22H,1-4H3. The summed E-state index contributed by atoms with van der Waals surface area (Å²) in [5.41, 5.74) is 11.1. The van der Waals surface area contributed by atoms with Gasteiger partial charge in [0, 0.05) is 21.9 Å². The van der Waals surface area contributed by atoms with E-state index in [1.54, 1.807) is 0 Å². The van der Waals surface area contributed by atoms with Gasteiger partial charge in [0.25, 0.3) is 0 Å². The van der Waals surface area contributed by atoms with Crippen molar-refractivity contribution in [2.75, 3.05) is 0 Å². The van der Waals surface area contributed by atoms with Crippen LogP contribution in [0.4, 0.5) is 0 Å². The first kappa shape index (κ1) is 22.9. The van der Waals surface area contributed by atoms with Crippen LogP contribution in [0.5, 0.6) is 0 Å². The Morgan fingerprint density at radius 3 is 2.03 bits per heavy atom. The molecule has 0 atom stereocenters. The lowest BCUT2D eigenvalue weighted by Gasteiger charge is -2.49. The van der Waals surface area contributed by atoms with Gasteiger partial charge in [0.15, 0.2) is 0 Å². The zero-order valence-electron chi connectivity index (χ0n) is 22.3. The Morgan fingerprint density at radius 1 is 0.500 bits per heavy atom. The van der Waals surface area contributed by atoms with Gasteiger partial charge in [0.05, 0.1) is 22.4 Å². The highest BCUT2D eigenvalue weighted by Gasteiger charge is 2.47. The summed E-state index contributed by atoms with van der Waals surface area (Å²) in [5, 5.41) is 2.31. The van der Waals surface area contributed by atoms with Gasteiger partial charge in [0.1, 0.15) is 0 Å². The zero-order valence-corrected chi connectivity index (χ0v) is 22.3. The normalized spacial score (nSPS) is 15.3. The highest BCUT2D eigenvalue weighted by molar-refractivity contribution is 6.05. The first-order valence-corrected chi connectivity index (χ1v) is 13.4. The van der Waals surface area contributed by atoms with E-state index in [-0.39, 0.29) is 10.8 Å². The molecule has 0 bridgehead atoms. The number of hydrogen-bond acceptors (Lipinski definition) is 2. The quantitative estimate of drug-likeness (QED) is 0.226. The van der Waals surface area contributed by atoms with E-state index in [0.29, 0.717) is 0 Å². The Balaban J connectivity index is 1.63. The fraction of sp³-hybridized carbons (Fsp3) is 0.167. The molecule has 0 amide bonds. The molecule has 1 aromatic heterocycles. The SMILES string of the molecule is CC1(C)c2ccccc2-c2cccc(-c3nc4c(ccc5ccccc54)nc3-c3ccccc3)c2C1(C)C. The summed E-state index contributed by atoms with van der Waals surface area (Å²) < 4.78 is 0. The summed E-state index contributed by atoms with van der Waals surface area (Å²) >= 11 is 0. The van der Waals surface area contributed by atoms with Crippen molar-refractivity contribution in [3.05, 3.63) is 120 Å². The van der Waals surface area contributed by atoms with E-state index in [4.69, 9.17) is 9.97 Å². The first-order valence-electron chi connectivity index (χ1n) is 13.4. The van der Waals surface area contributed by atoms with Crippen molar-refractivity contribution in [3.8, 4) is 33.6 Å². The molecule has 1 heterocycles. The highest BCUT2D eigenvalue weighted by Crippen LogP contribution is 2.56. The van der Waals surface area contributed by atoms with Crippen molar-refractivity contribution in [2.24, 2.45) is 0 Å². The monoisotopic (exact) mass is 490 g/mol. The van der Waals surface area contributed by atoms with Crippen molar-refractivity contribution < 1.29 is 0 Å². The minimum absolute atomic E-state index is 0.0728. The van der Waals surface area contributed by atoms with Gasteiger partial charge in [-0.3, -0.25) is 0 Å². The van der Waals surface area contributed by atoms with E-state index >= 15 is 0 Å². The molecule has 7 rings (SSSR count). The number of fused-ring (bicyclic) bond motifs is 6. The molecule has 0 fully saturated rings. The molecule has 0 spiro atoms. The molecule has 2 nitrogen and oxygen atoms in total. The van der Waals surface area contributed by atoms with E-state index in [1.807, 2.05) is 0 Å². The molecule has 184 valence electrons. The van der Waals surface area contributed by atoms with Gasteiger partial charge < -0.3 is 0 Å². The number of aromatic nitrogens is 2. The average Bonchev–Trinajstić information content (AvgIpc) is 2.95. The minimum Gasteiger partial charge on any atom is -0.244 e. The molecule has 0 N–H and O–H groups in total. The van der Waals surface area contributed by atoms with Crippen LogP contribution in [-0.4, -0.2) is 9.97 Å². The van der Waals surface area contributed by atoms with Gasteiger partial charge in [-0.2, -0.15) is 0 Å². The van der Waals surface area contributed by atoms with Crippen LogP contribution >= 0.6 is 0 Å². The lowest BCUT2D eigenvalue weighted by atomic mass is 9.54. The lowest BCUT2D eigenvalue weighted by Crippen LogP contribution is -2.44. The van der Waals surface area contributed by atoms with Crippen LogP contribution in [-0.2, 0) is 10.8 Å². The van der Waals surface area contributed by atoms with Crippen molar-refractivity contribution in [1.29, 1.82) is 0 Å². The summed E-state index contributed by atoms with van der Waals surface area (Å²) in [6, 6.07) is 38.8. The van der Waals surface area contributed by atoms with Crippen LogP contribution in [0.3, 0.4) is 0 Å². The van der Waals surface area contributed by atoms with Gasteiger partial charge in [-0.1, -0.05) is 131 Å². The smallest absolute Gasteiger partial charge is 0.0976 e. The van der Waals surface area contributed by atoms with Crippen LogP contribution in [0.1, 0.15) is 38.8 Å². The number of nitrogens with zero attached hydrogens (tertiary/aromatic N) is 2. The van der Waals surface area contributed by atoms with Gasteiger partial charge in [-0.25, -0.2) is 9.97 Å². The fourth-order valence-corrected chi connectivity index (χ4v) is 6.33. The van der Waals surface area contributed by atoms with Crippen LogP contribution in [0.25, 0.3) is 55.4 Å².